The van der Waals surface area contributed by atoms with Gasteiger partial charge in [0.1, 0.15) is 5.69 Å². The van der Waals surface area contributed by atoms with Gasteiger partial charge in [0.05, 0.1) is 10.7 Å². The Morgan fingerprint density at radius 2 is 1.90 bits per heavy atom. The summed E-state index contributed by atoms with van der Waals surface area (Å²) in [6, 6.07) is 2.53. The zero-order chi connectivity index (χ0) is 14.8. The minimum atomic E-state index is -4.37. The largest absolute Gasteiger partial charge is 0.433 e. The minimum absolute atomic E-state index is 0.711. The van der Waals surface area contributed by atoms with Gasteiger partial charge in [-0.15, -0.1) is 11.3 Å². The molecule has 0 aliphatic rings. The number of aryl methyl sites for hydroxylation is 4. The van der Waals surface area contributed by atoms with E-state index in [-0.39, 0.29) is 0 Å². The number of hydrogen-bond acceptors (Lipinski definition) is 3. The Bertz CT molecular complexity index is 554. The number of aromatic nitrogens is 2. The second kappa shape index (κ2) is 5.91. The summed E-state index contributed by atoms with van der Waals surface area (Å²) in [4.78, 5) is 9.12. The third-order valence-electron chi connectivity index (χ3n) is 3.04. The fraction of sp³-hybridized carbons (Fsp3) is 0.429. The fourth-order valence-corrected chi connectivity index (χ4v) is 2.81. The summed E-state index contributed by atoms with van der Waals surface area (Å²) in [5.41, 5.74) is 1.04. The maximum absolute atomic E-state index is 12.4. The van der Waals surface area contributed by atoms with E-state index in [1.54, 1.807) is 11.3 Å². The standard InChI is InChI=1S/C14H15F3N2S/c1-9-10(2)20-13(19-9)5-3-4-11-6-7-12(18-8-11)14(15,16)17/h6-8H,3-5H2,1-2H3. The molecule has 0 aliphatic carbocycles. The molecule has 0 spiro atoms. The summed E-state index contributed by atoms with van der Waals surface area (Å²) in [5, 5.41) is 1.08. The fourth-order valence-electron chi connectivity index (χ4n) is 1.83. The summed E-state index contributed by atoms with van der Waals surface area (Å²) in [6.07, 6.45) is -0.641. The van der Waals surface area contributed by atoms with Gasteiger partial charge in [0.2, 0.25) is 0 Å². The summed E-state index contributed by atoms with van der Waals surface area (Å²) in [6.45, 7) is 4.02. The van der Waals surface area contributed by atoms with Crippen LogP contribution < -0.4 is 0 Å². The number of halogens is 3. The van der Waals surface area contributed by atoms with Crippen LogP contribution in [0.15, 0.2) is 18.3 Å². The van der Waals surface area contributed by atoms with Crippen molar-refractivity contribution in [1.82, 2.24) is 9.97 Å². The third-order valence-corrected chi connectivity index (χ3v) is 4.18. The Morgan fingerprint density at radius 1 is 1.15 bits per heavy atom. The number of nitrogens with zero attached hydrogens (tertiary/aromatic N) is 2. The van der Waals surface area contributed by atoms with Crippen molar-refractivity contribution in [2.75, 3.05) is 0 Å². The summed E-state index contributed by atoms with van der Waals surface area (Å²) >= 11 is 1.68. The molecule has 0 saturated heterocycles. The van der Waals surface area contributed by atoms with Crippen molar-refractivity contribution in [3.8, 4) is 0 Å². The Kier molecular flexibility index (Phi) is 4.42. The van der Waals surface area contributed by atoms with Crippen molar-refractivity contribution in [2.45, 2.75) is 39.3 Å². The van der Waals surface area contributed by atoms with Crippen LogP contribution in [0.4, 0.5) is 13.2 Å². The highest BCUT2D eigenvalue weighted by Gasteiger charge is 2.31. The lowest BCUT2D eigenvalue weighted by Crippen LogP contribution is -2.07. The molecule has 2 heterocycles. The quantitative estimate of drug-likeness (QED) is 0.839. The Hall–Kier alpha value is -1.43. The number of alkyl halides is 3. The summed E-state index contributed by atoms with van der Waals surface area (Å²) < 4.78 is 37.1. The van der Waals surface area contributed by atoms with Crippen LogP contribution in [0.2, 0.25) is 0 Å². The van der Waals surface area contributed by atoms with E-state index in [1.807, 2.05) is 13.8 Å². The maximum atomic E-state index is 12.4. The van der Waals surface area contributed by atoms with Crippen molar-refractivity contribution >= 4 is 11.3 Å². The topological polar surface area (TPSA) is 25.8 Å². The number of rotatable bonds is 4. The first-order valence-corrected chi connectivity index (χ1v) is 7.13. The molecule has 0 aliphatic heterocycles. The molecule has 0 amide bonds. The molecule has 0 fully saturated rings. The van der Waals surface area contributed by atoms with Crippen molar-refractivity contribution in [1.29, 1.82) is 0 Å². The van der Waals surface area contributed by atoms with E-state index in [2.05, 4.69) is 9.97 Å². The average Bonchev–Trinajstić information content (AvgIpc) is 2.68. The molecule has 2 aromatic heterocycles. The van der Waals surface area contributed by atoms with Gasteiger partial charge in [0.15, 0.2) is 0 Å². The molecule has 2 nitrogen and oxygen atoms in total. The lowest BCUT2D eigenvalue weighted by atomic mass is 10.1. The normalized spacial score (nSPS) is 11.8. The second-order valence-corrected chi connectivity index (χ2v) is 5.94. The van der Waals surface area contributed by atoms with Crippen LogP contribution >= 0.6 is 11.3 Å². The maximum Gasteiger partial charge on any atom is 0.433 e. The summed E-state index contributed by atoms with van der Waals surface area (Å²) in [5.74, 6) is 0. The van der Waals surface area contributed by atoms with E-state index in [1.165, 1.54) is 17.1 Å². The lowest BCUT2D eigenvalue weighted by Gasteiger charge is -2.06. The van der Waals surface area contributed by atoms with Gasteiger partial charge in [-0.2, -0.15) is 13.2 Å². The SMILES string of the molecule is Cc1nc(CCCc2ccc(C(F)(F)F)nc2)sc1C. The first kappa shape index (κ1) is 15.0. The monoisotopic (exact) mass is 300 g/mol. The van der Waals surface area contributed by atoms with Gasteiger partial charge in [-0.25, -0.2) is 4.98 Å². The van der Waals surface area contributed by atoms with Gasteiger partial charge in [-0.3, -0.25) is 4.98 Å². The van der Waals surface area contributed by atoms with Crippen LogP contribution in [-0.4, -0.2) is 9.97 Å². The van der Waals surface area contributed by atoms with Gasteiger partial charge in [0.25, 0.3) is 0 Å². The molecule has 0 saturated carbocycles. The van der Waals surface area contributed by atoms with Crippen molar-refractivity contribution in [3.63, 3.8) is 0 Å². The molecular formula is C14H15F3N2S. The predicted octanol–water partition coefficient (Wildman–Crippen LogP) is 4.35. The molecule has 108 valence electrons. The zero-order valence-electron chi connectivity index (χ0n) is 11.3. The van der Waals surface area contributed by atoms with E-state index in [4.69, 9.17) is 0 Å². The first-order chi connectivity index (χ1) is 9.36. The highest BCUT2D eigenvalue weighted by Crippen LogP contribution is 2.27. The number of hydrogen-bond donors (Lipinski definition) is 0. The van der Waals surface area contributed by atoms with E-state index in [9.17, 15) is 13.2 Å². The van der Waals surface area contributed by atoms with Crippen molar-refractivity contribution in [3.05, 3.63) is 45.2 Å². The van der Waals surface area contributed by atoms with Gasteiger partial charge in [0, 0.05) is 11.1 Å². The number of thiazole rings is 1. The van der Waals surface area contributed by atoms with E-state index in [0.29, 0.717) is 6.42 Å². The minimum Gasteiger partial charge on any atom is -0.252 e. The third kappa shape index (κ3) is 3.79. The van der Waals surface area contributed by atoms with Crippen LogP contribution in [-0.2, 0) is 19.0 Å². The molecule has 0 unspecified atom stereocenters. The molecule has 0 N–H and O–H groups in total. The van der Waals surface area contributed by atoms with Gasteiger partial charge in [-0.1, -0.05) is 6.07 Å². The average molecular weight is 300 g/mol. The van der Waals surface area contributed by atoms with E-state index >= 15 is 0 Å². The van der Waals surface area contributed by atoms with Gasteiger partial charge >= 0.3 is 6.18 Å². The molecule has 2 aromatic rings. The van der Waals surface area contributed by atoms with Crippen LogP contribution in [0.5, 0.6) is 0 Å². The Balaban J connectivity index is 1.88. The highest BCUT2D eigenvalue weighted by molar-refractivity contribution is 7.11. The Labute approximate surface area is 119 Å². The van der Waals surface area contributed by atoms with Gasteiger partial charge < -0.3 is 0 Å². The molecule has 0 aromatic carbocycles. The zero-order valence-corrected chi connectivity index (χ0v) is 12.1. The summed E-state index contributed by atoms with van der Waals surface area (Å²) in [7, 11) is 0. The van der Waals surface area contributed by atoms with Crippen LogP contribution in [0.1, 0.15) is 33.3 Å². The van der Waals surface area contributed by atoms with Crippen LogP contribution in [0, 0.1) is 13.8 Å². The highest BCUT2D eigenvalue weighted by atomic mass is 32.1. The lowest BCUT2D eigenvalue weighted by molar-refractivity contribution is -0.141. The first-order valence-electron chi connectivity index (χ1n) is 6.31. The molecule has 20 heavy (non-hydrogen) atoms. The van der Waals surface area contributed by atoms with Crippen LogP contribution in [0.3, 0.4) is 0 Å². The number of pyridine rings is 1. The smallest absolute Gasteiger partial charge is 0.252 e. The van der Waals surface area contributed by atoms with Crippen LogP contribution in [0.25, 0.3) is 0 Å². The molecule has 2 rings (SSSR count). The molecule has 0 bridgehead atoms. The van der Waals surface area contributed by atoms with Gasteiger partial charge in [-0.05, 0) is 44.7 Å². The predicted molar refractivity (Wildman–Crippen MR) is 72.9 cm³/mol. The Morgan fingerprint density at radius 3 is 2.40 bits per heavy atom. The second-order valence-electron chi connectivity index (χ2n) is 4.65. The molecule has 0 atom stereocenters. The molecular weight excluding hydrogens is 285 g/mol. The molecule has 0 radical (unpaired) electrons. The van der Waals surface area contributed by atoms with E-state index in [0.717, 1.165) is 35.2 Å². The molecule has 6 heteroatoms. The van der Waals surface area contributed by atoms with E-state index < -0.39 is 11.9 Å². The van der Waals surface area contributed by atoms with Crippen molar-refractivity contribution < 1.29 is 13.2 Å². The van der Waals surface area contributed by atoms with Crippen molar-refractivity contribution in [2.24, 2.45) is 0 Å².